The van der Waals surface area contributed by atoms with E-state index < -0.39 is 42.2 Å². The fraction of sp³-hybridized carbons (Fsp3) is 0.370. The van der Waals surface area contributed by atoms with Crippen LogP contribution in [-0.4, -0.2) is 53.3 Å². The number of carbonyl (C=O) groups excluding carboxylic acids is 3. The van der Waals surface area contributed by atoms with E-state index in [4.69, 9.17) is 15.9 Å². The van der Waals surface area contributed by atoms with Gasteiger partial charge in [-0.3, -0.25) is 14.5 Å². The number of ether oxygens (including phenoxy) is 2. The lowest BCUT2D eigenvalue weighted by Gasteiger charge is -2.30. The molecule has 3 N–H and O–H groups in total. The van der Waals surface area contributed by atoms with E-state index >= 15 is 0 Å². The monoisotopic (exact) mass is 495 g/mol. The second-order valence-corrected chi connectivity index (χ2v) is 9.20. The van der Waals surface area contributed by atoms with Gasteiger partial charge < -0.3 is 25.2 Å². The van der Waals surface area contributed by atoms with Gasteiger partial charge in [0, 0.05) is 11.7 Å². The van der Waals surface area contributed by atoms with Gasteiger partial charge in [-0.05, 0) is 70.0 Å². The molecule has 9 heteroatoms. The summed E-state index contributed by atoms with van der Waals surface area (Å²) in [6, 6.07) is 11.6. The minimum Gasteiger partial charge on any atom is -0.497 e. The fourth-order valence-corrected chi connectivity index (χ4v) is 3.48. The largest absolute Gasteiger partial charge is 0.497 e. The van der Waals surface area contributed by atoms with Crippen LogP contribution in [0.4, 0.5) is 10.5 Å². The molecule has 0 aliphatic rings. The standard InChI is InChI=1S/C27H33N3O6/c1-8-30(25(33)22(16-31)29-26(34)36-27(4,5)6)23(21-14-9-17(2)15-18(21)3)24(32)28-19-10-12-20(35-7)13-11-19/h1,9-15,22-23,31H,16H2,2-7H3,(H,28,32)(H,29,34). The van der Waals surface area contributed by atoms with Gasteiger partial charge in [0.05, 0.1) is 13.7 Å². The van der Waals surface area contributed by atoms with E-state index in [1.165, 1.54) is 7.11 Å². The average Bonchev–Trinajstić information content (AvgIpc) is 2.80. The van der Waals surface area contributed by atoms with Crippen molar-refractivity contribution < 1.29 is 29.0 Å². The Kier molecular flexibility index (Phi) is 9.47. The van der Waals surface area contributed by atoms with Crippen LogP contribution in [0.25, 0.3) is 0 Å². The lowest BCUT2D eigenvalue weighted by atomic mass is 9.96. The molecule has 2 unspecified atom stereocenters. The molecule has 0 fully saturated rings. The van der Waals surface area contributed by atoms with E-state index in [9.17, 15) is 19.5 Å². The zero-order valence-electron chi connectivity index (χ0n) is 21.4. The number of methoxy groups -OCH3 is 1. The van der Waals surface area contributed by atoms with E-state index in [1.807, 2.05) is 13.0 Å². The quantitative estimate of drug-likeness (QED) is 0.382. The summed E-state index contributed by atoms with van der Waals surface area (Å²) in [4.78, 5) is 40.0. The van der Waals surface area contributed by atoms with Crippen molar-refractivity contribution in [1.29, 1.82) is 0 Å². The summed E-state index contributed by atoms with van der Waals surface area (Å²) in [5.74, 6) is -0.813. The molecular weight excluding hydrogens is 462 g/mol. The van der Waals surface area contributed by atoms with E-state index in [-0.39, 0.29) is 0 Å². The van der Waals surface area contributed by atoms with Crippen molar-refractivity contribution in [2.24, 2.45) is 0 Å². The van der Waals surface area contributed by atoms with E-state index in [1.54, 1.807) is 64.1 Å². The van der Waals surface area contributed by atoms with Crippen LogP contribution in [-0.2, 0) is 14.3 Å². The molecule has 0 aliphatic heterocycles. The number of nitrogens with zero attached hydrogens (tertiary/aromatic N) is 1. The molecule has 2 aromatic rings. The highest BCUT2D eigenvalue weighted by Gasteiger charge is 2.36. The van der Waals surface area contributed by atoms with Crippen LogP contribution in [0.1, 0.15) is 43.5 Å². The van der Waals surface area contributed by atoms with Crippen LogP contribution >= 0.6 is 0 Å². The number of hydrogen-bond acceptors (Lipinski definition) is 6. The molecule has 0 saturated carbocycles. The van der Waals surface area contributed by atoms with Gasteiger partial charge in [0.1, 0.15) is 23.4 Å². The van der Waals surface area contributed by atoms with Gasteiger partial charge >= 0.3 is 6.09 Å². The number of alkyl carbamates (subject to hydrolysis) is 1. The maximum Gasteiger partial charge on any atom is 0.408 e. The first-order valence-corrected chi connectivity index (χ1v) is 11.3. The maximum atomic E-state index is 13.5. The van der Waals surface area contributed by atoms with E-state index in [0.29, 0.717) is 17.0 Å². The Hall–Kier alpha value is -4.03. The predicted octanol–water partition coefficient (Wildman–Crippen LogP) is 3.30. The number of rotatable bonds is 8. The van der Waals surface area contributed by atoms with E-state index in [2.05, 4.69) is 16.7 Å². The van der Waals surface area contributed by atoms with Crippen molar-refractivity contribution in [2.75, 3.05) is 19.0 Å². The summed E-state index contributed by atoms with van der Waals surface area (Å²) in [5, 5.41) is 15.0. The molecular formula is C27H33N3O6. The summed E-state index contributed by atoms with van der Waals surface area (Å²) in [6.07, 6.45) is 4.81. The molecule has 2 aromatic carbocycles. The highest BCUT2D eigenvalue weighted by molar-refractivity contribution is 5.99. The summed E-state index contributed by atoms with van der Waals surface area (Å²) in [6.45, 7) is 7.94. The van der Waals surface area contributed by atoms with Crippen LogP contribution in [0, 0.1) is 26.3 Å². The lowest BCUT2D eigenvalue weighted by molar-refractivity contribution is -0.137. The molecule has 0 spiro atoms. The third kappa shape index (κ3) is 7.48. The second kappa shape index (κ2) is 12.1. The topological polar surface area (TPSA) is 117 Å². The smallest absolute Gasteiger partial charge is 0.408 e. The molecule has 0 aromatic heterocycles. The summed E-state index contributed by atoms with van der Waals surface area (Å²) >= 11 is 0. The molecule has 2 rings (SSSR count). The van der Waals surface area contributed by atoms with Crippen molar-refractivity contribution in [3.8, 4) is 18.2 Å². The van der Waals surface area contributed by atoms with Gasteiger partial charge in [0.25, 0.3) is 11.8 Å². The summed E-state index contributed by atoms with van der Waals surface area (Å²) < 4.78 is 10.3. The van der Waals surface area contributed by atoms with Crippen LogP contribution < -0.4 is 15.4 Å². The van der Waals surface area contributed by atoms with Crippen molar-refractivity contribution >= 4 is 23.6 Å². The normalized spacial score (nSPS) is 12.5. The fourth-order valence-electron chi connectivity index (χ4n) is 3.48. The molecule has 0 heterocycles. The molecule has 36 heavy (non-hydrogen) atoms. The Morgan fingerprint density at radius 3 is 2.25 bits per heavy atom. The van der Waals surface area contributed by atoms with Gasteiger partial charge in [0.2, 0.25) is 0 Å². The van der Waals surface area contributed by atoms with Gasteiger partial charge in [-0.2, -0.15) is 0 Å². The van der Waals surface area contributed by atoms with Crippen molar-refractivity contribution in [2.45, 2.75) is 52.3 Å². The number of benzene rings is 2. The molecule has 2 atom stereocenters. The number of aliphatic hydroxyl groups excluding tert-OH is 1. The predicted molar refractivity (Wildman–Crippen MR) is 136 cm³/mol. The van der Waals surface area contributed by atoms with Crippen molar-refractivity contribution in [1.82, 2.24) is 10.2 Å². The Bertz CT molecular complexity index is 1130. The number of terminal acetylenes is 1. The van der Waals surface area contributed by atoms with Gasteiger partial charge in [-0.15, -0.1) is 0 Å². The van der Waals surface area contributed by atoms with Crippen molar-refractivity contribution in [3.05, 3.63) is 59.2 Å². The molecule has 192 valence electrons. The minimum absolute atomic E-state index is 0.463. The lowest BCUT2D eigenvalue weighted by Crippen LogP contribution is -2.52. The number of anilines is 1. The van der Waals surface area contributed by atoms with Gasteiger partial charge in [-0.1, -0.05) is 30.2 Å². The number of aliphatic hydroxyl groups is 1. The van der Waals surface area contributed by atoms with E-state index in [0.717, 1.165) is 16.0 Å². The van der Waals surface area contributed by atoms with Crippen LogP contribution in [0.3, 0.4) is 0 Å². The molecule has 0 bridgehead atoms. The van der Waals surface area contributed by atoms with Crippen molar-refractivity contribution in [3.63, 3.8) is 0 Å². The number of hydrogen-bond donors (Lipinski definition) is 3. The van der Waals surface area contributed by atoms with Crippen LogP contribution in [0.15, 0.2) is 42.5 Å². The zero-order chi connectivity index (χ0) is 27.0. The number of amides is 3. The molecule has 3 amide bonds. The molecule has 0 saturated heterocycles. The second-order valence-electron chi connectivity index (χ2n) is 9.20. The van der Waals surface area contributed by atoms with Crippen LogP contribution in [0.2, 0.25) is 0 Å². The SMILES string of the molecule is C#CN(C(=O)C(CO)NC(=O)OC(C)(C)C)C(C(=O)Nc1ccc(OC)cc1)c1ccc(C)cc1C. The Morgan fingerprint density at radius 1 is 1.11 bits per heavy atom. The highest BCUT2D eigenvalue weighted by atomic mass is 16.6. The third-order valence-electron chi connectivity index (χ3n) is 5.13. The number of carbonyl (C=O) groups is 3. The maximum absolute atomic E-state index is 13.5. The Balaban J connectivity index is 2.43. The first-order valence-electron chi connectivity index (χ1n) is 11.3. The first kappa shape index (κ1) is 28.2. The molecule has 0 radical (unpaired) electrons. The first-order chi connectivity index (χ1) is 16.9. The number of nitrogens with one attached hydrogen (secondary N) is 2. The average molecular weight is 496 g/mol. The van der Waals surface area contributed by atoms with Gasteiger partial charge in [0.15, 0.2) is 0 Å². The summed E-state index contributed by atoms with van der Waals surface area (Å²) in [5.41, 5.74) is 1.83. The van der Waals surface area contributed by atoms with Gasteiger partial charge in [-0.25, -0.2) is 4.79 Å². The number of aryl methyl sites for hydroxylation is 2. The molecule has 0 aliphatic carbocycles. The highest BCUT2D eigenvalue weighted by Crippen LogP contribution is 2.27. The van der Waals surface area contributed by atoms with Crippen LogP contribution in [0.5, 0.6) is 5.75 Å². The molecule has 9 nitrogen and oxygen atoms in total. The zero-order valence-corrected chi connectivity index (χ0v) is 21.4. The third-order valence-corrected chi connectivity index (χ3v) is 5.13. The summed E-state index contributed by atoms with van der Waals surface area (Å²) in [7, 11) is 1.53. The Labute approximate surface area is 211 Å². The minimum atomic E-state index is -1.43. The Morgan fingerprint density at radius 2 is 1.75 bits per heavy atom.